The molecule has 1 fully saturated rings. The van der Waals surface area contributed by atoms with Crippen molar-refractivity contribution in [2.45, 2.75) is 37.9 Å². The first kappa shape index (κ1) is 13.8. The number of rotatable bonds is 4. The molecule has 0 aliphatic heterocycles. The molecule has 21 heavy (non-hydrogen) atoms. The van der Waals surface area contributed by atoms with Crippen LogP contribution in [0.25, 0.3) is 0 Å². The molecule has 1 heterocycles. The summed E-state index contributed by atoms with van der Waals surface area (Å²) in [6.07, 6.45) is 8.88. The molecule has 4 N–H and O–H groups in total. The predicted molar refractivity (Wildman–Crippen MR) is 77.2 cm³/mol. The zero-order valence-electron chi connectivity index (χ0n) is 11.6. The van der Waals surface area contributed by atoms with Gasteiger partial charge in [0.2, 0.25) is 5.75 Å². The van der Waals surface area contributed by atoms with E-state index in [9.17, 15) is 15.3 Å². The van der Waals surface area contributed by atoms with E-state index in [1.165, 1.54) is 6.07 Å². The van der Waals surface area contributed by atoms with E-state index in [0.717, 1.165) is 19.3 Å². The minimum atomic E-state index is -0.466. The third kappa shape index (κ3) is 2.67. The SMILES string of the molecule is Oc1ccc(CNC2CCCC2n2ccnc2)c(O)c1O. The van der Waals surface area contributed by atoms with Crippen LogP contribution in [-0.4, -0.2) is 30.9 Å². The fourth-order valence-corrected chi connectivity index (χ4v) is 3.00. The van der Waals surface area contributed by atoms with Crippen molar-refractivity contribution in [3.63, 3.8) is 0 Å². The van der Waals surface area contributed by atoms with Crippen molar-refractivity contribution in [3.05, 3.63) is 36.4 Å². The van der Waals surface area contributed by atoms with Crippen LogP contribution < -0.4 is 5.32 Å². The van der Waals surface area contributed by atoms with Crippen molar-refractivity contribution >= 4 is 0 Å². The molecule has 0 amide bonds. The van der Waals surface area contributed by atoms with Crippen molar-refractivity contribution in [1.29, 1.82) is 0 Å². The molecule has 112 valence electrons. The van der Waals surface area contributed by atoms with Crippen molar-refractivity contribution < 1.29 is 15.3 Å². The smallest absolute Gasteiger partial charge is 0.200 e. The molecule has 1 saturated carbocycles. The van der Waals surface area contributed by atoms with Crippen molar-refractivity contribution in [2.24, 2.45) is 0 Å². The molecular formula is C15H19N3O3. The Kier molecular flexibility index (Phi) is 3.70. The minimum absolute atomic E-state index is 0.264. The van der Waals surface area contributed by atoms with Crippen LogP contribution in [0.3, 0.4) is 0 Å². The number of phenolic OH excluding ortho intramolecular Hbond substituents is 3. The largest absolute Gasteiger partial charge is 0.504 e. The molecule has 0 spiro atoms. The first-order chi connectivity index (χ1) is 10.2. The molecule has 2 aromatic rings. The van der Waals surface area contributed by atoms with Crippen LogP contribution in [0.15, 0.2) is 30.9 Å². The summed E-state index contributed by atoms with van der Waals surface area (Å²) in [4.78, 5) is 4.09. The zero-order chi connectivity index (χ0) is 14.8. The number of nitrogens with one attached hydrogen (secondary N) is 1. The van der Waals surface area contributed by atoms with Crippen LogP contribution in [-0.2, 0) is 6.54 Å². The van der Waals surface area contributed by atoms with E-state index in [1.54, 1.807) is 12.3 Å². The van der Waals surface area contributed by atoms with E-state index in [4.69, 9.17) is 0 Å². The lowest BCUT2D eigenvalue weighted by Gasteiger charge is -2.22. The number of imidazole rings is 1. The second-order valence-electron chi connectivity index (χ2n) is 5.44. The number of aromatic nitrogens is 2. The zero-order valence-corrected chi connectivity index (χ0v) is 11.6. The Balaban J connectivity index is 1.69. The Hall–Kier alpha value is -2.21. The molecule has 1 aromatic carbocycles. The predicted octanol–water partition coefficient (Wildman–Crippen LogP) is 1.88. The van der Waals surface area contributed by atoms with Gasteiger partial charge in [0.1, 0.15) is 0 Å². The lowest BCUT2D eigenvalue weighted by molar-refractivity contribution is 0.358. The van der Waals surface area contributed by atoms with Crippen LogP contribution >= 0.6 is 0 Å². The monoisotopic (exact) mass is 289 g/mol. The molecule has 1 aromatic heterocycles. The molecule has 6 heteroatoms. The Morgan fingerprint density at radius 1 is 1.19 bits per heavy atom. The minimum Gasteiger partial charge on any atom is -0.504 e. The molecule has 2 atom stereocenters. The molecule has 0 bridgehead atoms. The van der Waals surface area contributed by atoms with Gasteiger partial charge < -0.3 is 25.2 Å². The van der Waals surface area contributed by atoms with Gasteiger partial charge in [0.15, 0.2) is 11.5 Å². The molecule has 2 unspecified atom stereocenters. The van der Waals surface area contributed by atoms with Crippen molar-refractivity contribution in [1.82, 2.24) is 14.9 Å². The Morgan fingerprint density at radius 2 is 2.05 bits per heavy atom. The number of hydrogen-bond acceptors (Lipinski definition) is 5. The van der Waals surface area contributed by atoms with Crippen LogP contribution in [0, 0.1) is 0 Å². The summed E-state index contributed by atoms with van der Waals surface area (Å²) in [6.45, 7) is 0.440. The van der Waals surface area contributed by atoms with Gasteiger partial charge in [0.05, 0.1) is 6.33 Å². The highest BCUT2D eigenvalue weighted by molar-refractivity contribution is 5.53. The fourth-order valence-electron chi connectivity index (χ4n) is 3.00. The summed E-state index contributed by atoms with van der Waals surface area (Å²) in [5, 5.41) is 32.1. The molecule has 0 radical (unpaired) electrons. The van der Waals surface area contributed by atoms with Crippen LogP contribution in [0.1, 0.15) is 30.9 Å². The summed E-state index contributed by atoms with van der Waals surface area (Å²) >= 11 is 0. The van der Waals surface area contributed by atoms with Gasteiger partial charge in [-0.3, -0.25) is 0 Å². The highest BCUT2D eigenvalue weighted by Crippen LogP contribution is 2.37. The average Bonchev–Trinajstić information content (AvgIpc) is 3.14. The van der Waals surface area contributed by atoms with Crippen molar-refractivity contribution in [2.75, 3.05) is 0 Å². The van der Waals surface area contributed by atoms with Crippen LogP contribution in [0.4, 0.5) is 0 Å². The van der Waals surface area contributed by atoms with Gasteiger partial charge >= 0.3 is 0 Å². The lowest BCUT2D eigenvalue weighted by atomic mass is 10.1. The number of nitrogens with zero attached hydrogens (tertiary/aromatic N) is 2. The number of aromatic hydroxyl groups is 3. The molecule has 0 saturated heterocycles. The normalized spacial score (nSPS) is 21.7. The maximum absolute atomic E-state index is 9.84. The maximum Gasteiger partial charge on any atom is 0.200 e. The molecule has 1 aliphatic carbocycles. The van der Waals surface area contributed by atoms with Gasteiger partial charge in [-0.05, 0) is 25.3 Å². The van der Waals surface area contributed by atoms with E-state index in [-0.39, 0.29) is 11.5 Å². The first-order valence-corrected chi connectivity index (χ1v) is 7.10. The van der Waals surface area contributed by atoms with Gasteiger partial charge in [-0.25, -0.2) is 4.98 Å². The van der Waals surface area contributed by atoms with Gasteiger partial charge in [-0.15, -0.1) is 0 Å². The summed E-state index contributed by atoms with van der Waals surface area (Å²) in [6, 6.07) is 3.65. The Labute approximate surface area is 122 Å². The number of hydrogen-bond donors (Lipinski definition) is 4. The molecule has 6 nitrogen and oxygen atoms in total. The molecule has 1 aliphatic rings. The Morgan fingerprint density at radius 3 is 2.81 bits per heavy atom. The molecule has 3 rings (SSSR count). The third-order valence-corrected chi connectivity index (χ3v) is 4.16. The number of phenols is 3. The third-order valence-electron chi connectivity index (χ3n) is 4.16. The molecular weight excluding hydrogens is 270 g/mol. The second-order valence-corrected chi connectivity index (χ2v) is 5.44. The highest BCUT2D eigenvalue weighted by Gasteiger charge is 2.28. The summed E-state index contributed by atoms with van der Waals surface area (Å²) in [5.74, 6) is -1.04. The van der Waals surface area contributed by atoms with E-state index in [1.807, 2.05) is 12.5 Å². The van der Waals surface area contributed by atoms with Gasteiger partial charge in [-0.1, -0.05) is 6.07 Å². The second kappa shape index (κ2) is 5.65. The van der Waals surface area contributed by atoms with Crippen molar-refractivity contribution in [3.8, 4) is 17.2 Å². The standard InChI is InChI=1S/C15H19N3O3/c19-13-5-4-10(14(20)15(13)21)8-17-11-2-1-3-12(11)18-7-6-16-9-18/h4-7,9,11-12,17,19-21H,1-3,8H2. The average molecular weight is 289 g/mol. The number of benzene rings is 1. The highest BCUT2D eigenvalue weighted by atomic mass is 16.3. The van der Waals surface area contributed by atoms with Gasteiger partial charge in [0.25, 0.3) is 0 Å². The maximum atomic E-state index is 9.84. The first-order valence-electron chi connectivity index (χ1n) is 7.10. The van der Waals surface area contributed by atoms with E-state index in [0.29, 0.717) is 24.2 Å². The summed E-state index contributed by atoms with van der Waals surface area (Å²) in [7, 11) is 0. The summed E-state index contributed by atoms with van der Waals surface area (Å²) in [5.41, 5.74) is 0.571. The van der Waals surface area contributed by atoms with Gasteiger partial charge in [0, 0.05) is 36.6 Å². The van der Waals surface area contributed by atoms with E-state index >= 15 is 0 Å². The van der Waals surface area contributed by atoms with Gasteiger partial charge in [-0.2, -0.15) is 0 Å². The summed E-state index contributed by atoms with van der Waals surface area (Å²) < 4.78 is 2.11. The lowest BCUT2D eigenvalue weighted by Crippen LogP contribution is -2.33. The topological polar surface area (TPSA) is 90.5 Å². The Bertz CT molecular complexity index is 613. The quantitative estimate of drug-likeness (QED) is 0.645. The fraction of sp³-hybridized carbons (Fsp3) is 0.400. The van der Waals surface area contributed by atoms with Crippen LogP contribution in [0.5, 0.6) is 17.2 Å². The van der Waals surface area contributed by atoms with E-state index < -0.39 is 5.75 Å². The van der Waals surface area contributed by atoms with Crippen LogP contribution in [0.2, 0.25) is 0 Å². The van der Waals surface area contributed by atoms with E-state index in [2.05, 4.69) is 14.9 Å².